The number of hydrogen-bond acceptors (Lipinski definition) is 2. The summed E-state index contributed by atoms with van der Waals surface area (Å²) in [5, 5.41) is 0. The highest BCUT2D eigenvalue weighted by molar-refractivity contribution is 6.00. The second-order valence-electron chi connectivity index (χ2n) is 3.16. The van der Waals surface area contributed by atoms with Gasteiger partial charge in [0.15, 0.2) is 0 Å². The molecule has 0 aliphatic heterocycles. The molecule has 0 bridgehead atoms. The Balaban J connectivity index is 2.92. The predicted octanol–water partition coefficient (Wildman–Crippen LogP) is 1.86. The van der Waals surface area contributed by atoms with Gasteiger partial charge in [-0.25, -0.2) is 0 Å². The number of benzene rings is 1. The zero-order valence-corrected chi connectivity index (χ0v) is 8.59. The van der Waals surface area contributed by atoms with Crippen LogP contribution in [-0.4, -0.2) is 23.3 Å². The lowest BCUT2D eigenvalue weighted by molar-refractivity contribution is -0.116. The molecule has 2 amide bonds. The van der Waals surface area contributed by atoms with Crippen molar-refractivity contribution in [3.63, 3.8) is 0 Å². The van der Waals surface area contributed by atoms with Crippen LogP contribution in [0.4, 0.5) is 0 Å². The summed E-state index contributed by atoms with van der Waals surface area (Å²) in [6.07, 6.45) is 2.08. The summed E-state index contributed by atoms with van der Waals surface area (Å²) in [7, 11) is 0. The van der Waals surface area contributed by atoms with Crippen LogP contribution in [0.15, 0.2) is 43.0 Å². The second kappa shape index (κ2) is 5.10. The summed E-state index contributed by atoms with van der Waals surface area (Å²) in [4.78, 5) is 23.7. The minimum absolute atomic E-state index is 0.296. The Labute approximate surface area is 89.0 Å². The highest BCUT2D eigenvalue weighted by Crippen LogP contribution is 2.06. The highest BCUT2D eigenvalue weighted by Gasteiger charge is 2.18. The van der Waals surface area contributed by atoms with E-state index >= 15 is 0 Å². The third kappa shape index (κ3) is 2.53. The molecule has 1 atom stereocenters. The van der Waals surface area contributed by atoms with Gasteiger partial charge in [0, 0.05) is 5.56 Å². The van der Waals surface area contributed by atoms with Crippen molar-refractivity contribution in [1.82, 2.24) is 4.90 Å². The van der Waals surface area contributed by atoms with Gasteiger partial charge in [-0.1, -0.05) is 24.3 Å². The number of rotatable bonds is 4. The molecule has 15 heavy (non-hydrogen) atoms. The lowest BCUT2D eigenvalue weighted by Gasteiger charge is -2.20. The van der Waals surface area contributed by atoms with Crippen molar-refractivity contribution in [2.24, 2.45) is 0 Å². The van der Waals surface area contributed by atoms with E-state index in [-0.39, 0.29) is 11.9 Å². The van der Waals surface area contributed by atoms with Crippen LogP contribution >= 0.6 is 0 Å². The molecule has 0 aliphatic carbocycles. The van der Waals surface area contributed by atoms with Gasteiger partial charge in [0.05, 0.1) is 6.04 Å². The first kappa shape index (κ1) is 11.2. The molecule has 3 heteroatoms. The van der Waals surface area contributed by atoms with Gasteiger partial charge in [-0.2, -0.15) is 0 Å². The largest absolute Gasteiger partial charge is 0.278 e. The Hall–Kier alpha value is -1.90. The molecule has 78 valence electrons. The molecule has 1 rings (SSSR count). The molecular weight excluding hydrogens is 190 g/mol. The van der Waals surface area contributed by atoms with Crippen LogP contribution in [0.3, 0.4) is 0 Å². The van der Waals surface area contributed by atoms with E-state index in [2.05, 4.69) is 6.58 Å². The molecule has 0 heterocycles. The Bertz CT molecular complexity index is 359. The molecule has 3 nitrogen and oxygen atoms in total. The van der Waals surface area contributed by atoms with Crippen molar-refractivity contribution >= 4 is 12.3 Å². The van der Waals surface area contributed by atoms with Crippen LogP contribution in [0.25, 0.3) is 0 Å². The van der Waals surface area contributed by atoms with Crippen LogP contribution < -0.4 is 0 Å². The number of amides is 2. The maximum atomic E-state index is 11.8. The van der Waals surface area contributed by atoms with Gasteiger partial charge in [0.2, 0.25) is 6.41 Å². The maximum absolute atomic E-state index is 11.8. The molecule has 0 radical (unpaired) electrons. The van der Waals surface area contributed by atoms with Crippen molar-refractivity contribution in [2.75, 3.05) is 0 Å². The fraction of sp³-hybridized carbons (Fsp3) is 0.167. The van der Waals surface area contributed by atoms with Crippen molar-refractivity contribution in [1.29, 1.82) is 0 Å². The van der Waals surface area contributed by atoms with Gasteiger partial charge in [-0.15, -0.1) is 6.58 Å². The normalized spacial score (nSPS) is 11.5. The Kier molecular flexibility index (Phi) is 3.80. The van der Waals surface area contributed by atoms with Crippen LogP contribution in [0, 0.1) is 0 Å². The van der Waals surface area contributed by atoms with E-state index in [4.69, 9.17) is 0 Å². The molecule has 0 fully saturated rings. The molecule has 1 unspecified atom stereocenters. The Morgan fingerprint density at radius 2 is 2.00 bits per heavy atom. The lowest BCUT2D eigenvalue weighted by Crippen LogP contribution is -2.36. The van der Waals surface area contributed by atoms with Gasteiger partial charge in [0.1, 0.15) is 0 Å². The van der Waals surface area contributed by atoms with Crippen LogP contribution in [0.5, 0.6) is 0 Å². The highest BCUT2D eigenvalue weighted by atomic mass is 16.2. The Morgan fingerprint density at radius 3 is 2.47 bits per heavy atom. The minimum atomic E-state index is -0.307. The fourth-order valence-corrected chi connectivity index (χ4v) is 1.17. The quantitative estimate of drug-likeness (QED) is 0.553. The van der Waals surface area contributed by atoms with Crippen LogP contribution in [0.2, 0.25) is 0 Å². The van der Waals surface area contributed by atoms with Gasteiger partial charge in [-0.05, 0) is 19.1 Å². The van der Waals surface area contributed by atoms with E-state index in [1.54, 1.807) is 37.3 Å². The summed E-state index contributed by atoms with van der Waals surface area (Å²) in [6.45, 7) is 5.29. The van der Waals surface area contributed by atoms with E-state index < -0.39 is 0 Å². The fourth-order valence-electron chi connectivity index (χ4n) is 1.17. The summed E-state index contributed by atoms with van der Waals surface area (Å²) in [5.41, 5.74) is 0.498. The summed E-state index contributed by atoms with van der Waals surface area (Å²) in [5.74, 6) is -0.307. The van der Waals surface area contributed by atoms with Crippen molar-refractivity contribution in [2.45, 2.75) is 13.0 Å². The van der Waals surface area contributed by atoms with Crippen molar-refractivity contribution < 1.29 is 9.59 Å². The molecular formula is C12H13NO2. The van der Waals surface area contributed by atoms with Crippen molar-refractivity contribution in [3.8, 4) is 0 Å². The first-order valence-corrected chi connectivity index (χ1v) is 4.66. The predicted molar refractivity (Wildman–Crippen MR) is 58.3 cm³/mol. The first-order valence-electron chi connectivity index (χ1n) is 4.66. The van der Waals surface area contributed by atoms with E-state index in [0.29, 0.717) is 12.0 Å². The molecule has 0 spiro atoms. The number of carbonyl (C=O) groups excluding carboxylic acids is 2. The Morgan fingerprint density at radius 1 is 1.40 bits per heavy atom. The van der Waals surface area contributed by atoms with Crippen molar-refractivity contribution in [3.05, 3.63) is 48.6 Å². The van der Waals surface area contributed by atoms with E-state index in [9.17, 15) is 9.59 Å². The number of hydrogen-bond donors (Lipinski definition) is 0. The van der Waals surface area contributed by atoms with Gasteiger partial charge in [0.25, 0.3) is 5.91 Å². The number of nitrogens with zero attached hydrogens (tertiary/aromatic N) is 1. The minimum Gasteiger partial charge on any atom is -0.278 e. The summed E-state index contributed by atoms with van der Waals surface area (Å²) >= 11 is 0. The number of imide groups is 1. The third-order valence-corrected chi connectivity index (χ3v) is 2.15. The van der Waals surface area contributed by atoms with Crippen LogP contribution in [-0.2, 0) is 4.79 Å². The molecule has 0 saturated heterocycles. The van der Waals surface area contributed by atoms with Gasteiger partial charge < -0.3 is 0 Å². The topological polar surface area (TPSA) is 37.4 Å². The smallest absolute Gasteiger partial charge is 0.260 e. The first-order chi connectivity index (χ1) is 7.20. The summed E-state index contributed by atoms with van der Waals surface area (Å²) in [6, 6.07) is 8.39. The van der Waals surface area contributed by atoms with E-state index in [0.717, 1.165) is 4.90 Å². The molecule has 0 N–H and O–H groups in total. The standard InChI is InChI=1S/C12H13NO2/c1-3-10(2)13(9-14)12(15)11-7-5-4-6-8-11/h3-10H,1H2,2H3. The second-order valence-corrected chi connectivity index (χ2v) is 3.16. The average Bonchev–Trinajstić information content (AvgIpc) is 2.30. The molecule has 0 saturated carbocycles. The molecule has 1 aromatic carbocycles. The summed E-state index contributed by atoms with van der Waals surface area (Å²) < 4.78 is 0. The zero-order chi connectivity index (χ0) is 11.3. The monoisotopic (exact) mass is 203 g/mol. The lowest BCUT2D eigenvalue weighted by atomic mass is 10.2. The van der Waals surface area contributed by atoms with E-state index in [1.807, 2.05) is 6.07 Å². The third-order valence-electron chi connectivity index (χ3n) is 2.15. The number of carbonyl (C=O) groups is 2. The molecule has 0 aromatic heterocycles. The SMILES string of the molecule is C=CC(C)N(C=O)C(=O)c1ccccc1. The van der Waals surface area contributed by atoms with E-state index in [1.165, 1.54) is 0 Å². The van der Waals surface area contributed by atoms with Gasteiger partial charge in [-0.3, -0.25) is 14.5 Å². The molecule has 1 aromatic rings. The zero-order valence-electron chi connectivity index (χ0n) is 8.59. The van der Waals surface area contributed by atoms with Gasteiger partial charge >= 0.3 is 0 Å². The maximum Gasteiger partial charge on any atom is 0.260 e. The molecule has 0 aliphatic rings. The average molecular weight is 203 g/mol. The van der Waals surface area contributed by atoms with Crippen LogP contribution in [0.1, 0.15) is 17.3 Å².